The van der Waals surface area contributed by atoms with Crippen LogP contribution in [0.25, 0.3) is 0 Å². The number of piperidine rings is 1. The van der Waals surface area contributed by atoms with Crippen LogP contribution in [0.4, 0.5) is 61.5 Å². The van der Waals surface area contributed by atoms with E-state index in [1.54, 1.807) is 0 Å². The third kappa shape index (κ3) is 2.69. The normalized spacial score (nSPS) is 28.5. The van der Waals surface area contributed by atoms with Crippen LogP contribution in [0.15, 0.2) is 0 Å². The second kappa shape index (κ2) is 6.29. The molecule has 0 spiro atoms. The molecule has 0 saturated carbocycles. The van der Waals surface area contributed by atoms with E-state index in [1.165, 1.54) is 0 Å². The molecule has 1 aliphatic rings. The van der Waals surface area contributed by atoms with Crippen LogP contribution in [0.2, 0.25) is 0 Å². The Labute approximate surface area is 174 Å². The zero-order chi connectivity index (χ0) is 20.7. The maximum atomic E-state index is 13.5. The second-order valence-electron chi connectivity index (χ2n) is 4.55. The predicted molar refractivity (Wildman–Crippen MR) is 41.5 cm³/mol. The Morgan fingerprint density at radius 1 is 0.692 bits per heavy atom. The third-order valence-corrected chi connectivity index (χ3v) is 3.06. The Morgan fingerprint density at radius 3 is 1.15 bits per heavy atom. The van der Waals surface area contributed by atoms with Crippen LogP contribution in [0.1, 0.15) is 0 Å². The van der Waals surface area contributed by atoms with Crippen molar-refractivity contribution in [2.75, 3.05) is 0 Å². The van der Waals surface area contributed by atoms with Crippen LogP contribution in [0, 0.1) is 0 Å². The molecule has 0 radical (unpaired) electrons. The smallest absolute Gasteiger partial charge is 0.545 e. The summed E-state index contributed by atoms with van der Waals surface area (Å²) < 4.78 is 181. The number of rotatable bonds is 2. The summed E-state index contributed by atoms with van der Waals surface area (Å²) in [6.07, 6.45) is -7.52. The van der Waals surface area contributed by atoms with Gasteiger partial charge in [0.15, 0.2) is 0 Å². The number of likely N-dealkylation sites (tertiary alicyclic amines) is 1. The zero-order valence-electron chi connectivity index (χ0n) is 11.6. The number of carbonyl (C=O) groups is 1. The molecular formula is C8F14KNO2. The van der Waals surface area contributed by atoms with Crippen LogP contribution in [-0.4, -0.2) is 52.7 Å². The van der Waals surface area contributed by atoms with Crippen molar-refractivity contribution in [3.8, 4) is 0 Å². The van der Waals surface area contributed by atoms with Gasteiger partial charge in [0.25, 0.3) is 0 Å². The fourth-order valence-electron chi connectivity index (χ4n) is 1.75. The number of halogens is 14. The summed E-state index contributed by atoms with van der Waals surface area (Å²) in [5.74, 6) is -35.3. The van der Waals surface area contributed by atoms with Crippen LogP contribution < -0.4 is 56.5 Å². The van der Waals surface area contributed by atoms with Crippen molar-refractivity contribution in [2.45, 2.75) is 41.8 Å². The average Bonchev–Trinajstić information content (AvgIpc) is 2.34. The van der Waals surface area contributed by atoms with Crippen molar-refractivity contribution in [1.29, 1.82) is 0 Å². The van der Waals surface area contributed by atoms with Gasteiger partial charge in [-0.2, -0.15) is 57.1 Å². The number of alkyl halides is 14. The Balaban J connectivity index is 0.00000625. The van der Waals surface area contributed by atoms with Crippen LogP contribution in [-0.2, 0) is 4.79 Å². The fraction of sp³-hybridized carbons (Fsp3) is 0.875. The van der Waals surface area contributed by atoms with Gasteiger partial charge in [0.05, 0.1) is 0 Å². The molecule has 0 N–H and O–H groups in total. The Hall–Kier alpha value is 0.0864. The standard InChI is InChI=1S/C8HF14NO2.K/c9-2(1(24)25,6(16,17)18)23-7(19,20)4(12,13)3(10,11)5(14,15)8(23,21)22;/h(H,24,25);/q;+1/p-1. The zero-order valence-corrected chi connectivity index (χ0v) is 14.7. The number of carboxylic acids is 1. The number of hydrogen-bond donors (Lipinski definition) is 0. The SMILES string of the molecule is O=C([O-])C(F)(N1C(F)(F)C(F)(F)C(F)(F)C(F)(F)C1(F)F)C(F)(F)F.[K+]. The van der Waals surface area contributed by atoms with E-state index in [4.69, 9.17) is 0 Å². The Morgan fingerprint density at radius 2 is 0.962 bits per heavy atom. The van der Waals surface area contributed by atoms with Gasteiger partial charge >= 0.3 is 93.2 Å². The van der Waals surface area contributed by atoms with E-state index in [0.717, 1.165) is 0 Å². The molecule has 0 aliphatic carbocycles. The van der Waals surface area contributed by atoms with Crippen molar-refractivity contribution in [1.82, 2.24) is 4.90 Å². The van der Waals surface area contributed by atoms with Crippen molar-refractivity contribution in [3.05, 3.63) is 0 Å². The molecule has 1 saturated heterocycles. The van der Waals surface area contributed by atoms with Crippen LogP contribution in [0.3, 0.4) is 0 Å². The van der Waals surface area contributed by atoms with Gasteiger partial charge in [-0.3, -0.25) is 0 Å². The number of carbonyl (C=O) groups excluding carboxylic acids is 1. The van der Waals surface area contributed by atoms with E-state index in [2.05, 4.69) is 0 Å². The first-order valence-electron chi connectivity index (χ1n) is 5.22. The van der Waals surface area contributed by atoms with Crippen LogP contribution in [0.5, 0.6) is 0 Å². The molecule has 26 heavy (non-hydrogen) atoms. The molecule has 1 fully saturated rings. The van der Waals surface area contributed by atoms with Crippen molar-refractivity contribution < 1.29 is 123 Å². The second-order valence-corrected chi connectivity index (χ2v) is 4.55. The van der Waals surface area contributed by atoms with E-state index in [9.17, 15) is 71.4 Å². The van der Waals surface area contributed by atoms with E-state index in [1.807, 2.05) is 0 Å². The van der Waals surface area contributed by atoms with Gasteiger partial charge in [-0.1, -0.05) is 0 Å². The largest absolute Gasteiger partial charge is 1.00 e. The first-order valence-corrected chi connectivity index (χ1v) is 5.22. The Bertz CT molecular complexity index is 558. The quantitative estimate of drug-likeness (QED) is 0.322. The fourth-order valence-corrected chi connectivity index (χ4v) is 1.75. The van der Waals surface area contributed by atoms with E-state index in [-0.39, 0.29) is 51.4 Å². The topological polar surface area (TPSA) is 43.4 Å². The summed E-state index contributed by atoms with van der Waals surface area (Å²) >= 11 is 0. The molecule has 1 aliphatic heterocycles. The minimum Gasteiger partial charge on any atom is -0.545 e. The van der Waals surface area contributed by atoms with Gasteiger partial charge in [0.2, 0.25) is 0 Å². The molecule has 1 rings (SSSR count). The maximum absolute atomic E-state index is 13.5. The molecule has 0 aromatic heterocycles. The molecule has 18 heteroatoms. The summed E-state index contributed by atoms with van der Waals surface area (Å²) in [5.41, 5.74) is 0. The first kappa shape index (κ1) is 26.1. The molecule has 0 bridgehead atoms. The average molecular weight is 447 g/mol. The van der Waals surface area contributed by atoms with Crippen molar-refractivity contribution in [2.24, 2.45) is 0 Å². The number of aliphatic carboxylic acids is 1. The van der Waals surface area contributed by atoms with E-state index < -0.39 is 52.7 Å². The molecule has 1 unspecified atom stereocenters. The molecule has 1 atom stereocenters. The summed E-state index contributed by atoms with van der Waals surface area (Å²) in [5, 5.41) is 10.1. The number of hydrogen-bond acceptors (Lipinski definition) is 3. The summed E-state index contributed by atoms with van der Waals surface area (Å²) in [6, 6.07) is -15.5. The van der Waals surface area contributed by atoms with Gasteiger partial charge in [-0.15, -0.1) is 4.90 Å². The van der Waals surface area contributed by atoms with Crippen LogP contribution >= 0.6 is 0 Å². The molecule has 1 heterocycles. The molecule has 148 valence electrons. The maximum Gasteiger partial charge on any atom is 1.00 e. The van der Waals surface area contributed by atoms with Gasteiger partial charge in [-0.05, 0) is 0 Å². The molecule has 0 amide bonds. The minimum atomic E-state index is -7.76. The summed E-state index contributed by atoms with van der Waals surface area (Å²) in [7, 11) is 0. The van der Waals surface area contributed by atoms with Gasteiger partial charge in [0, 0.05) is 0 Å². The third-order valence-electron chi connectivity index (χ3n) is 3.06. The minimum absolute atomic E-state index is 0. The molecule has 0 aromatic carbocycles. The van der Waals surface area contributed by atoms with Gasteiger partial charge < -0.3 is 9.90 Å². The van der Waals surface area contributed by atoms with Crippen molar-refractivity contribution in [3.63, 3.8) is 0 Å². The summed E-state index contributed by atoms with van der Waals surface area (Å²) in [4.78, 5) is 5.97. The van der Waals surface area contributed by atoms with Gasteiger partial charge in [-0.25, -0.2) is 4.39 Å². The first-order chi connectivity index (χ1) is 10.6. The Kier molecular flexibility index (Phi) is 6.32. The van der Waals surface area contributed by atoms with Gasteiger partial charge in [0.1, 0.15) is 5.97 Å². The van der Waals surface area contributed by atoms with E-state index in [0.29, 0.717) is 0 Å². The molecule has 3 nitrogen and oxygen atoms in total. The summed E-state index contributed by atoms with van der Waals surface area (Å²) in [6.45, 7) is 0. The predicted octanol–water partition coefficient (Wildman–Crippen LogP) is -0.625. The molecule has 0 aromatic rings. The molecular weight excluding hydrogens is 447 g/mol. The number of carboxylic acid groups (broad SMARTS) is 1. The van der Waals surface area contributed by atoms with E-state index >= 15 is 0 Å². The van der Waals surface area contributed by atoms with Crippen molar-refractivity contribution >= 4 is 5.97 Å². The number of nitrogens with zero attached hydrogens (tertiary/aromatic N) is 1. The monoisotopic (exact) mass is 447 g/mol.